The van der Waals surface area contributed by atoms with E-state index >= 15 is 0 Å². The summed E-state index contributed by atoms with van der Waals surface area (Å²) >= 11 is 0. The van der Waals surface area contributed by atoms with Crippen LogP contribution in [0.3, 0.4) is 0 Å². The maximum atomic E-state index is 13.2. The van der Waals surface area contributed by atoms with Gasteiger partial charge in [-0.05, 0) is 36.3 Å². The Morgan fingerprint density at radius 3 is 2.19 bits per heavy atom. The molecule has 2 rings (SSSR count). The van der Waals surface area contributed by atoms with Crippen LogP contribution in [0.25, 0.3) is 0 Å². The Morgan fingerprint density at radius 2 is 1.69 bits per heavy atom. The molecular weight excluding hydrogens is 364 g/mol. The van der Waals surface area contributed by atoms with Crippen LogP contribution in [-0.2, 0) is 19.0 Å². The van der Waals surface area contributed by atoms with E-state index < -0.39 is 18.2 Å². The molecule has 0 amide bonds. The van der Waals surface area contributed by atoms with Crippen molar-refractivity contribution in [3.05, 3.63) is 41.3 Å². The Labute approximate surface area is 159 Å². The molecule has 0 bridgehead atoms. The van der Waals surface area contributed by atoms with Crippen molar-refractivity contribution in [1.29, 1.82) is 0 Å². The van der Waals surface area contributed by atoms with Crippen molar-refractivity contribution in [2.45, 2.75) is 69.4 Å². The van der Waals surface area contributed by atoms with E-state index in [-0.39, 0.29) is 23.2 Å². The fraction of sp³-hybridized carbons (Fsp3) is 0.600. The molecule has 1 aromatic rings. The molecule has 1 aliphatic carbocycles. The summed E-state index contributed by atoms with van der Waals surface area (Å²) in [4.78, 5) is 0.728. The normalized spacial score (nSPS) is 25.0. The first-order valence-corrected chi connectivity index (χ1v) is 13.5. The van der Waals surface area contributed by atoms with Gasteiger partial charge in [0.2, 0.25) is 9.84 Å². The Hall–Kier alpha value is -0.953. The summed E-state index contributed by atoms with van der Waals surface area (Å²) in [5.74, 6) is -0.208. The van der Waals surface area contributed by atoms with Gasteiger partial charge in [-0.2, -0.15) is 0 Å². The molecule has 3 atom stereocenters. The number of rotatable bonds is 5. The summed E-state index contributed by atoms with van der Waals surface area (Å²) < 4.78 is 38.5. The minimum atomic E-state index is -3.56. The first-order valence-electron chi connectivity index (χ1n) is 9.12. The van der Waals surface area contributed by atoms with Gasteiger partial charge < -0.3 is 9.16 Å². The molecule has 146 valence electrons. The highest BCUT2D eigenvalue weighted by Crippen LogP contribution is 2.42. The van der Waals surface area contributed by atoms with Crippen LogP contribution >= 0.6 is 0 Å². The van der Waals surface area contributed by atoms with Gasteiger partial charge in [-0.25, -0.2) is 8.42 Å². The highest BCUT2D eigenvalue weighted by molar-refractivity contribution is 7.95. The molecule has 26 heavy (non-hydrogen) atoms. The second-order valence-corrected chi connectivity index (χ2v) is 15.3. The number of benzene rings is 1. The average Bonchev–Trinajstić information content (AvgIpc) is 2.56. The fourth-order valence-corrected chi connectivity index (χ4v) is 6.13. The predicted octanol–water partition coefficient (Wildman–Crippen LogP) is 4.79. The van der Waals surface area contributed by atoms with Crippen molar-refractivity contribution in [2.75, 3.05) is 7.11 Å². The van der Waals surface area contributed by atoms with Crippen LogP contribution < -0.4 is 0 Å². The van der Waals surface area contributed by atoms with E-state index in [1.54, 1.807) is 37.5 Å². The van der Waals surface area contributed by atoms with Crippen LogP contribution in [0.5, 0.6) is 0 Å². The van der Waals surface area contributed by atoms with E-state index in [9.17, 15) is 8.42 Å². The van der Waals surface area contributed by atoms with Crippen LogP contribution in [0.15, 0.2) is 46.2 Å². The lowest BCUT2D eigenvalue weighted by Gasteiger charge is -2.43. The van der Waals surface area contributed by atoms with Crippen molar-refractivity contribution < 1.29 is 17.6 Å². The minimum absolute atomic E-state index is 0.0644. The molecular formula is C20H32O4SSi. The van der Waals surface area contributed by atoms with E-state index in [0.717, 1.165) is 0 Å². The van der Waals surface area contributed by atoms with Crippen molar-refractivity contribution in [2.24, 2.45) is 5.92 Å². The summed E-state index contributed by atoms with van der Waals surface area (Å²) in [5, 5.41) is 0.0644. The monoisotopic (exact) mass is 396 g/mol. The molecule has 1 aromatic carbocycles. The molecule has 0 radical (unpaired) electrons. The standard InChI is InChI=1S/C20H32O4SSi/c1-15-18(24-26(6,7)20(2,3)4)13-16(23-5)14-19(15)25(21,22)17-11-9-8-10-12-17/h8-12,14-16,18H,13H2,1-7H3/t15-,16+,18?/m0/s1. The predicted molar refractivity (Wildman–Crippen MR) is 108 cm³/mol. The van der Waals surface area contributed by atoms with Gasteiger partial charge in [-0.15, -0.1) is 0 Å². The van der Waals surface area contributed by atoms with E-state index in [1.807, 2.05) is 13.0 Å². The van der Waals surface area contributed by atoms with Gasteiger partial charge >= 0.3 is 0 Å². The molecule has 0 saturated heterocycles. The molecule has 1 unspecified atom stereocenters. The van der Waals surface area contributed by atoms with Gasteiger partial charge in [-0.3, -0.25) is 0 Å². The first-order chi connectivity index (χ1) is 11.9. The zero-order valence-corrected chi connectivity index (χ0v) is 18.8. The number of hydrogen-bond donors (Lipinski definition) is 0. The average molecular weight is 397 g/mol. The van der Waals surface area contributed by atoms with Crippen LogP contribution in [-0.4, -0.2) is 36.1 Å². The third kappa shape index (κ3) is 4.30. The van der Waals surface area contributed by atoms with Crippen molar-refractivity contribution in [3.63, 3.8) is 0 Å². The third-order valence-corrected chi connectivity index (χ3v) is 12.3. The molecule has 0 heterocycles. The lowest BCUT2D eigenvalue weighted by molar-refractivity contribution is 0.0496. The second-order valence-electron chi connectivity index (χ2n) is 8.60. The molecule has 0 spiro atoms. The van der Waals surface area contributed by atoms with Gasteiger partial charge in [0, 0.05) is 19.4 Å². The van der Waals surface area contributed by atoms with Crippen LogP contribution in [0.2, 0.25) is 18.1 Å². The molecule has 0 aliphatic heterocycles. The SMILES string of the molecule is CO[C@H]1C=C(S(=O)(=O)c2ccccc2)[C@@H](C)C(O[Si](C)(C)C(C)(C)C)C1. The summed E-state index contributed by atoms with van der Waals surface area (Å²) in [5.41, 5.74) is 0. The highest BCUT2D eigenvalue weighted by atomic mass is 32.2. The number of ether oxygens (including phenoxy) is 1. The lowest BCUT2D eigenvalue weighted by Crippen LogP contribution is -2.48. The molecule has 0 aromatic heterocycles. The quantitative estimate of drug-likeness (QED) is 0.672. The molecule has 0 fully saturated rings. The maximum absolute atomic E-state index is 13.2. The summed E-state index contributed by atoms with van der Waals surface area (Å²) in [6.45, 7) is 12.9. The zero-order chi connectivity index (χ0) is 19.8. The first kappa shape index (κ1) is 21.3. The molecule has 1 aliphatic rings. The maximum Gasteiger partial charge on any atom is 0.202 e. The number of methoxy groups -OCH3 is 1. The van der Waals surface area contributed by atoms with Gasteiger partial charge in [0.15, 0.2) is 8.32 Å². The highest BCUT2D eigenvalue weighted by Gasteiger charge is 2.44. The lowest BCUT2D eigenvalue weighted by atomic mass is 9.92. The van der Waals surface area contributed by atoms with E-state index in [4.69, 9.17) is 9.16 Å². The van der Waals surface area contributed by atoms with Crippen molar-refractivity contribution in [1.82, 2.24) is 0 Å². The van der Waals surface area contributed by atoms with Gasteiger partial charge in [0.25, 0.3) is 0 Å². The summed E-state index contributed by atoms with van der Waals surface area (Å²) in [6.07, 6.45) is 2.02. The largest absolute Gasteiger partial charge is 0.413 e. The van der Waals surface area contributed by atoms with E-state index in [2.05, 4.69) is 33.9 Å². The zero-order valence-electron chi connectivity index (χ0n) is 16.9. The molecule has 6 heteroatoms. The van der Waals surface area contributed by atoms with Crippen molar-refractivity contribution >= 4 is 18.2 Å². The minimum Gasteiger partial charge on any atom is -0.413 e. The fourth-order valence-electron chi connectivity index (χ4n) is 2.96. The molecule has 4 nitrogen and oxygen atoms in total. The Kier molecular flexibility index (Phi) is 6.22. The van der Waals surface area contributed by atoms with E-state index in [1.165, 1.54) is 0 Å². The van der Waals surface area contributed by atoms with Gasteiger partial charge in [0.1, 0.15) is 0 Å². The molecule has 0 N–H and O–H groups in total. The Morgan fingerprint density at radius 1 is 1.12 bits per heavy atom. The Bertz CT molecular complexity index is 748. The summed E-state index contributed by atoms with van der Waals surface area (Å²) in [7, 11) is -3.97. The van der Waals surface area contributed by atoms with Crippen LogP contribution in [0, 0.1) is 5.92 Å². The number of hydrogen-bond acceptors (Lipinski definition) is 4. The number of sulfone groups is 1. The smallest absolute Gasteiger partial charge is 0.202 e. The summed E-state index contributed by atoms with van der Waals surface area (Å²) in [6, 6.07) is 8.60. The topological polar surface area (TPSA) is 52.6 Å². The Balaban J connectivity index is 2.40. The third-order valence-electron chi connectivity index (χ3n) is 5.74. The van der Waals surface area contributed by atoms with E-state index in [0.29, 0.717) is 16.2 Å². The van der Waals surface area contributed by atoms with Gasteiger partial charge in [0.05, 0.1) is 22.0 Å². The second kappa shape index (κ2) is 7.58. The van der Waals surface area contributed by atoms with Gasteiger partial charge in [-0.1, -0.05) is 45.9 Å². The van der Waals surface area contributed by atoms with Crippen molar-refractivity contribution in [3.8, 4) is 0 Å². The van der Waals surface area contributed by atoms with Crippen LogP contribution in [0.1, 0.15) is 34.1 Å². The van der Waals surface area contributed by atoms with Crippen LogP contribution in [0.4, 0.5) is 0 Å². The molecule has 0 saturated carbocycles.